The molecule has 2 fully saturated rings. The minimum Gasteiger partial charge on any atom is -0.333 e. The summed E-state index contributed by atoms with van der Waals surface area (Å²) in [7, 11) is 0. The van der Waals surface area contributed by atoms with Crippen LogP contribution in [0.4, 0.5) is 4.39 Å². The van der Waals surface area contributed by atoms with E-state index in [4.69, 9.17) is 0 Å². The van der Waals surface area contributed by atoms with Crippen LogP contribution in [-0.4, -0.2) is 41.0 Å². The van der Waals surface area contributed by atoms with E-state index in [1.807, 2.05) is 11.0 Å². The van der Waals surface area contributed by atoms with Crippen molar-refractivity contribution in [3.05, 3.63) is 41.3 Å². The molecule has 2 atom stereocenters. The lowest BCUT2D eigenvalue weighted by molar-refractivity contribution is 0.0605. The number of nitrogens with zero attached hydrogens (tertiary/aromatic N) is 2. The molecular formula is C19H24Cl2FN3O. The SMILES string of the molecule is CC1NCCN(C(=O)c2cc(C3CC3)nc3ccc(F)cc23)C1C.Cl.Cl. The molecule has 1 aliphatic carbocycles. The van der Waals surface area contributed by atoms with Gasteiger partial charge in [-0.2, -0.15) is 0 Å². The molecule has 1 aliphatic heterocycles. The molecule has 2 heterocycles. The van der Waals surface area contributed by atoms with Gasteiger partial charge in [0, 0.05) is 42.2 Å². The number of amides is 1. The van der Waals surface area contributed by atoms with Crippen molar-refractivity contribution >= 4 is 41.6 Å². The minimum atomic E-state index is -0.334. The highest BCUT2D eigenvalue weighted by Gasteiger charge is 2.32. The summed E-state index contributed by atoms with van der Waals surface area (Å²) in [4.78, 5) is 19.8. The van der Waals surface area contributed by atoms with Crippen molar-refractivity contribution < 1.29 is 9.18 Å². The maximum Gasteiger partial charge on any atom is 0.254 e. The van der Waals surface area contributed by atoms with E-state index in [0.717, 1.165) is 25.1 Å². The number of piperazine rings is 1. The molecule has 7 heteroatoms. The number of benzene rings is 1. The topological polar surface area (TPSA) is 45.2 Å². The molecule has 2 unspecified atom stereocenters. The second kappa shape index (κ2) is 8.07. The fourth-order valence-electron chi connectivity index (χ4n) is 3.48. The Bertz CT molecular complexity index is 813. The molecule has 1 aromatic carbocycles. The molecule has 2 aromatic rings. The van der Waals surface area contributed by atoms with Gasteiger partial charge in [-0.1, -0.05) is 0 Å². The molecule has 4 rings (SSSR count). The normalized spacial score (nSPS) is 22.5. The monoisotopic (exact) mass is 399 g/mol. The fourth-order valence-corrected chi connectivity index (χ4v) is 3.48. The van der Waals surface area contributed by atoms with Gasteiger partial charge in [0.2, 0.25) is 0 Å². The molecule has 1 saturated heterocycles. The highest BCUT2D eigenvalue weighted by molar-refractivity contribution is 6.06. The molecule has 26 heavy (non-hydrogen) atoms. The highest BCUT2D eigenvalue weighted by atomic mass is 35.5. The van der Waals surface area contributed by atoms with Crippen molar-refractivity contribution in [3.63, 3.8) is 0 Å². The molecule has 142 valence electrons. The van der Waals surface area contributed by atoms with Crippen molar-refractivity contribution in [2.45, 2.75) is 44.7 Å². The third kappa shape index (κ3) is 3.80. The molecule has 0 bridgehead atoms. The molecule has 1 aromatic heterocycles. The lowest BCUT2D eigenvalue weighted by Gasteiger charge is -2.38. The van der Waals surface area contributed by atoms with Crippen LogP contribution in [-0.2, 0) is 0 Å². The van der Waals surface area contributed by atoms with Crippen LogP contribution in [0, 0.1) is 5.82 Å². The lowest BCUT2D eigenvalue weighted by Crippen LogP contribution is -2.57. The Morgan fingerprint density at radius 1 is 1.23 bits per heavy atom. The van der Waals surface area contributed by atoms with Gasteiger partial charge in [0.15, 0.2) is 0 Å². The van der Waals surface area contributed by atoms with E-state index >= 15 is 0 Å². The molecule has 4 nitrogen and oxygen atoms in total. The molecular weight excluding hydrogens is 376 g/mol. The van der Waals surface area contributed by atoms with Gasteiger partial charge in [-0.05, 0) is 51.0 Å². The van der Waals surface area contributed by atoms with Gasteiger partial charge >= 0.3 is 0 Å². The first-order chi connectivity index (χ1) is 11.5. The standard InChI is InChI=1S/C19H22FN3O.2ClH/c1-11-12(2)23(8-7-21-11)19(24)16-10-18(13-3-4-13)22-17-6-5-14(20)9-15(16)17;;/h5-6,9-13,21H,3-4,7-8H2,1-2H3;2*1H. The van der Waals surface area contributed by atoms with Crippen LogP contribution in [0.25, 0.3) is 10.9 Å². The Kier molecular flexibility index (Phi) is 6.48. The number of halogens is 3. The van der Waals surface area contributed by atoms with Crippen molar-refractivity contribution in [1.82, 2.24) is 15.2 Å². The molecule has 1 amide bonds. The third-order valence-electron chi connectivity index (χ3n) is 5.31. The quantitative estimate of drug-likeness (QED) is 0.831. The van der Waals surface area contributed by atoms with Crippen molar-refractivity contribution in [3.8, 4) is 0 Å². The third-order valence-corrected chi connectivity index (χ3v) is 5.31. The first-order valence-electron chi connectivity index (χ1n) is 8.69. The van der Waals surface area contributed by atoms with Gasteiger partial charge < -0.3 is 10.2 Å². The Morgan fingerprint density at radius 3 is 2.65 bits per heavy atom. The summed E-state index contributed by atoms with van der Waals surface area (Å²) in [6.07, 6.45) is 2.24. The first kappa shape index (κ1) is 20.9. The zero-order valence-electron chi connectivity index (χ0n) is 14.9. The van der Waals surface area contributed by atoms with Gasteiger partial charge in [-0.15, -0.1) is 24.8 Å². The molecule has 2 aliphatic rings. The predicted molar refractivity (Wildman–Crippen MR) is 106 cm³/mol. The van der Waals surface area contributed by atoms with Gasteiger partial charge in [0.05, 0.1) is 11.1 Å². The summed E-state index contributed by atoms with van der Waals surface area (Å²) in [6, 6.07) is 6.76. The van der Waals surface area contributed by atoms with Crippen LogP contribution in [0.15, 0.2) is 24.3 Å². The number of carbonyl (C=O) groups excluding carboxylic acids is 1. The minimum absolute atomic E-state index is 0. The Labute approximate surface area is 165 Å². The molecule has 1 N–H and O–H groups in total. The number of fused-ring (bicyclic) bond motifs is 1. The zero-order valence-corrected chi connectivity index (χ0v) is 16.5. The summed E-state index contributed by atoms with van der Waals surface area (Å²) in [5, 5.41) is 4.00. The van der Waals surface area contributed by atoms with Crippen molar-refractivity contribution in [2.75, 3.05) is 13.1 Å². The van der Waals surface area contributed by atoms with E-state index in [2.05, 4.69) is 24.1 Å². The molecule has 0 radical (unpaired) electrons. The van der Waals surface area contributed by atoms with Gasteiger partial charge in [0.1, 0.15) is 5.82 Å². The van der Waals surface area contributed by atoms with Gasteiger partial charge in [0.25, 0.3) is 5.91 Å². The second-order valence-corrected chi connectivity index (χ2v) is 7.01. The summed E-state index contributed by atoms with van der Waals surface area (Å²) in [6.45, 7) is 5.59. The summed E-state index contributed by atoms with van der Waals surface area (Å²) in [5.41, 5.74) is 2.26. The van der Waals surface area contributed by atoms with Crippen LogP contribution in [0.3, 0.4) is 0 Å². The van der Waals surface area contributed by atoms with Crippen LogP contribution in [0.1, 0.15) is 48.7 Å². The Balaban J connectivity index is 0.00000121. The van der Waals surface area contributed by atoms with E-state index in [1.54, 1.807) is 6.07 Å². The fraction of sp³-hybridized carbons (Fsp3) is 0.474. The molecule has 0 spiro atoms. The van der Waals surface area contributed by atoms with E-state index < -0.39 is 0 Å². The van der Waals surface area contributed by atoms with Gasteiger partial charge in [-0.3, -0.25) is 9.78 Å². The van der Waals surface area contributed by atoms with Crippen molar-refractivity contribution in [2.24, 2.45) is 0 Å². The smallest absolute Gasteiger partial charge is 0.254 e. The average molecular weight is 400 g/mol. The lowest BCUT2D eigenvalue weighted by atomic mass is 10.0. The van der Waals surface area contributed by atoms with E-state index in [0.29, 0.717) is 28.9 Å². The summed E-state index contributed by atoms with van der Waals surface area (Å²) >= 11 is 0. The maximum absolute atomic E-state index is 13.8. The maximum atomic E-state index is 13.8. The average Bonchev–Trinajstić information content (AvgIpc) is 3.41. The van der Waals surface area contributed by atoms with Crippen molar-refractivity contribution in [1.29, 1.82) is 0 Å². The van der Waals surface area contributed by atoms with Crippen LogP contribution >= 0.6 is 24.8 Å². The number of rotatable bonds is 2. The van der Waals surface area contributed by atoms with E-state index in [9.17, 15) is 9.18 Å². The zero-order chi connectivity index (χ0) is 16.8. The number of aromatic nitrogens is 1. The number of hydrogen-bond acceptors (Lipinski definition) is 3. The number of carbonyl (C=O) groups is 1. The van der Waals surface area contributed by atoms with Crippen LogP contribution < -0.4 is 5.32 Å². The highest BCUT2D eigenvalue weighted by Crippen LogP contribution is 2.40. The molecule has 1 saturated carbocycles. The van der Waals surface area contributed by atoms with E-state index in [1.165, 1.54) is 12.1 Å². The van der Waals surface area contributed by atoms with Crippen LogP contribution in [0.2, 0.25) is 0 Å². The largest absolute Gasteiger partial charge is 0.333 e. The first-order valence-corrected chi connectivity index (χ1v) is 8.69. The Hall–Kier alpha value is -1.43. The summed E-state index contributed by atoms with van der Waals surface area (Å²) in [5.74, 6) is 0.0976. The number of hydrogen-bond donors (Lipinski definition) is 1. The van der Waals surface area contributed by atoms with E-state index in [-0.39, 0.29) is 48.6 Å². The summed E-state index contributed by atoms with van der Waals surface area (Å²) < 4.78 is 13.8. The number of nitrogens with one attached hydrogen (secondary N) is 1. The van der Waals surface area contributed by atoms with Gasteiger partial charge in [-0.25, -0.2) is 4.39 Å². The van der Waals surface area contributed by atoms with Crippen LogP contribution in [0.5, 0.6) is 0 Å². The Morgan fingerprint density at radius 2 is 1.96 bits per heavy atom. The number of pyridine rings is 1. The second-order valence-electron chi connectivity index (χ2n) is 7.01. The predicted octanol–water partition coefficient (Wildman–Crippen LogP) is 3.92.